The highest BCUT2D eigenvalue weighted by Gasteiger charge is 2.32. The van der Waals surface area contributed by atoms with Crippen LogP contribution in [-0.4, -0.2) is 12.9 Å². The van der Waals surface area contributed by atoms with Gasteiger partial charge in [0.15, 0.2) is 5.78 Å². The number of hydrogen-bond donors (Lipinski definition) is 0. The SMILES string of the molecule is COc1ccc(-c2cc(-c3ccccc3)c3c([o+]2)CCCC3=O)cc1. The topological polar surface area (TPSA) is 37.6 Å². The fourth-order valence-electron chi connectivity index (χ4n) is 3.33. The molecule has 0 radical (unpaired) electrons. The van der Waals surface area contributed by atoms with Gasteiger partial charge in [0.1, 0.15) is 11.3 Å². The first-order chi connectivity index (χ1) is 12.3. The van der Waals surface area contributed by atoms with E-state index in [1.165, 1.54) is 0 Å². The molecule has 1 aliphatic rings. The zero-order valence-electron chi connectivity index (χ0n) is 14.1. The van der Waals surface area contributed by atoms with Crippen LogP contribution in [0.2, 0.25) is 0 Å². The second-order valence-electron chi connectivity index (χ2n) is 6.19. The highest BCUT2D eigenvalue weighted by Crippen LogP contribution is 2.36. The second kappa shape index (κ2) is 6.52. The Labute approximate surface area is 146 Å². The lowest BCUT2D eigenvalue weighted by Crippen LogP contribution is -2.12. The summed E-state index contributed by atoms with van der Waals surface area (Å²) in [6.45, 7) is 0. The molecule has 3 heteroatoms. The lowest BCUT2D eigenvalue weighted by molar-refractivity contribution is 0.0967. The van der Waals surface area contributed by atoms with Gasteiger partial charge in [0.05, 0.1) is 25.2 Å². The Hall–Kier alpha value is -2.94. The van der Waals surface area contributed by atoms with Crippen molar-refractivity contribution in [2.24, 2.45) is 0 Å². The van der Waals surface area contributed by atoms with Crippen molar-refractivity contribution >= 4 is 5.78 Å². The molecule has 25 heavy (non-hydrogen) atoms. The average Bonchev–Trinajstić information content (AvgIpc) is 2.68. The molecule has 1 aromatic heterocycles. The van der Waals surface area contributed by atoms with Gasteiger partial charge in [0.2, 0.25) is 0 Å². The summed E-state index contributed by atoms with van der Waals surface area (Å²) < 4.78 is 11.4. The van der Waals surface area contributed by atoms with Crippen molar-refractivity contribution in [1.82, 2.24) is 0 Å². The number of ether oxygens (including phenoxy) is 1. The number of fused-ring (bicyclic) bond motifs is 1. The molecular formula is C22H19O3+. The third-order valence-corrected chi connectivity index (χ3v) is 4.60. The van der Waals surface area contributed by atoms with E-state index in [4.69, 9.17) is 9.15 Å². The molecule has 0 fully saturated rings. The van der Waals surface area contributed by atoms with Crippen LogP contribution >= 0.6 is 0 Å². The molecule has 2 aromatic carbocycles. The number of rotatable bonds is 3. The zero-order chi connectivity index (χ0) is 17.2. The number of Topliss-reactive ketones (excluding diaryl/α,β-unsaturated/α-hetero) is 1. The summed E-state index contributed by atoms with van der Waals surface area (Å²) in [6, 6.07) is 19.8. The molecule has 0 saturated heterocycles. The summed E-state index contributed by atoms with van der Waals surface area (Å²) in [5.74, 6) is 2.55. The predicted octanol–water partition coefficient (Wildman–Crippen LogP) is 5.42. The minimum Gasteiger partial charge on any atom is -0.497 e. The van der Waals surface area contributed by atoms with Gasteiger partial charge in [0.25, 0.3) is 0 Å². The third-order valence-electron chi connectivity index (χ3n) is 4.60. The van der Waals surface area contributed by atoms with Crippen LogP contribution in [0, 0.1) is 0 Å². The Morgan fingerprint density at radius 1 is 0.920 bits per heavy atom. The summed E-state index contributed by atoms with van der Waals surface area (Å²) in [4.78, 5) is 12.5. The van der Waals surface area contributed by atoms with Crippen molar-refractivity contribution < 1.29 is 13.9 Å². The molecule has 0 saturated carbocycles. The maximum absolute atomic E-state index is 12.5. The van der Waals surface area contributed by atoms with Gasteiger partial charge in [-0.15, -0.1) is 0 Å². The maximum atomic E-state index is 12.5. The van der Waals surface area contributed by atoms with Gasteiger partial charge in [-0.25, -0.2) is 4.42 Å². The van der Waals surface area contributed by atoms with Gasteiger partial charge < -0.3 is 4.74 Å². The van der Waals surface area contributed by atoms with E-state index < -0.39 is 0 Å². The molecule has 4 rings (SSSR count). The number of ketones is 1. The number of hydrogen-bond acceptors (Lipinski definition) is 2. The van der Waals surface area contributed by atoms with E-state index in [1.807, 2.05) is 60.7 Å². The van der Waals surface area contributed by atoms with Crippen molar-refractivity contribution in [1.29, 1.82) is 0 Å². The average molecular weight is 331 g/mol. The molecule has 1 aliphatic carbocycles. The van der Waals surface area contributed by atoms with E-state index in [-0.39, 0.29) is 5.78 Å². The van der Waals surface area contributed by atoms with Gasteiger partial charge in [-0.3, -0.25) is 4.79 Å². The van der Waals surface area contributed by atoms with E-state index in [1.54, 1.807) is 7.11 Å². The molecule has 124 valence electrons. The Morgan fingerprint density at radius 3 is 2.40 bits per heavy atom. The normalized spacial score (nSPS) is 13.4. The Morgan fingerprint density at radius 2 is 1.68 bits per heavy atom. The lowest BCUT2D eigenvalue weighted by Gasteiger charge is -2.12. The van der Waals surface area contributed by atoms with Crippen LogP contribution in [0.4, 0.5) is 0 Å². The molecule has 1 heterocycles. The van der Waals surface area contributed by atoms with Gasteiger partial charge in [-0.1, -0.05) is 30.3 Å². The number of carbonyl (C=O) groups is 1. The van der Waals surface area contributed by atoms with Gasteiger partial charge in [-0.2, -0.15) is 0 Å². The highest BCUT2D eigenvalue weighted by atomic mass is 16.5. The molecule has 0 aliphatic heterocycles. The zero-order valence-corrected chi connectivity index (χ0v) is 14.1. The summed E-state index contributed by atoms with van der Waals surface area (Å²) in [5, 5.41) is 0. The summed E-state index contributed by atoms with van der Waals surface area (Å²) >= 11 is 0. The van der Waals surface area contributed by atoms with Gasteiger partial charge >= 0.3 is 11.5 Å². The lowest BCUT2D eigenvalue weighted by atomic mass is 9.88. The van der Waals surface area contributed by atoms with Crippen molar-refractivity contribution in [2.45, 2.75) is 19.3 Å². The van der Waals surface area contributed by atoms with Crippen LogP contribution in [0.3, 0.4) is 0 Å². The summed E-state index contributed by atoms with van der Waals surface area (Å²) in [7, 11) is 1.65. The van der Waals surface area contributed by atoms with E-state index >= 15 is 0 Å². The van der Waals surface area contributed by atoms with Crippen molar-refractivity contribution in [3.8, 4) is 28.2 Å². The first-order valence-electron chi connectivity index (χ1n) is 8.49. The number of aryl methyl sites for hydroxylation is 1. The third kappa shape index (κ3) is 2.93. The van der Waals surface area contributed by atoms with Crippen molar-refractivity contribution in [3.63, 3.8) is 0 Å². The molecule has 0 bridgehead atoms. The molecule has 0 N–H and O–H groups in total. The number of methoxy groups -OCH3 is 1. The van der Waals surface area contributed by atoms with Crippen molar-refractivity contribution in [3.05, 3.63) is 72.0 Å². The van der Waals surface area contributed by atoms with Crippen LogP contribution in [0.15, 0.2) is 65.1 Å². The van der Waals surface area contributed by atoms with Crippen molar-refractivity contribution in [2.75, 3.05) is 7.11 Å². The molecule has 0 unspecified atom stereocenters. The van der Waals surface area contributed by atoms with E-state index in [0.717, 1.165) is 52.4 Å². The first-order valence-corrected chi connectivity index (χ1v) is 8.49. The monoisotopic (exact) mass is 331 g/mol. The smallest absolute Gasteiger partial charge is 0.360 e. The summed E-state index contributed by atoms with van der Waals surface area (Å²) in [6.07, 6.45) is 2.23. The molecule has 3 nitrogen and oxygen atoms in total. The number of benzene rings is 2. The quantitative estimate of drug-likeness (QED) is 0.601. The Balaban J connectivity index is 1.90. The van der Waals surface area contributed by atoms with Gasteiger partial charge in [0, 0.05) is 12.0 Å². The largest absolute Gasteiger partial charge is 0.497 e. The maximum Gasteiger partial charge on any atom is 0.360 e. The Kier molecular flexibility index (Phi) is 4.06. The van der Waals surface area contributed by atoms with Crippen LogP contribution < -0.4 is 4.74 Å². The predicted molar refractivity (Wildman–Crippen MR) is 97.8 cm³/mol. The van der Waals surface area contributed by atoms with Crippen LogP contribution in [-0.2, 0) is 6.42 Å². The minimum absolute atomic E-state index is 0.171. The van der Waals surface area contributed by atoms with Crippen LogP contribution in [0.5, 0.6) is 5.75 Å². The van der Waals surface area contributed by atoms with E-state index in [9.17, 15) is 4.79 Å². The fourth-order valence-corrected chi connectivity index (χ4v) is 3.33. The Bertz CT molecular complexity index is 912. The standard InChI is InChI=1S/C22H19O3/c1-24-17-12-10-16(11-13-17)21-14-18(15-6-3-2-4-7-15)22-19(23)8-5-9-20(22)25-21/h2-4,6-7,10-14H,5,8-9H2,1H3/q+1. The molecular weight excluding hydrogens is 312 g/mol. The molecule has 0 atom stereocenters. The second-order valence-corrected chi connectivity index (χ2v) is 6.19. The fraction of sp³-hybridized carbons (Fsp3) is 0.182. The van der Waals surface area contributed by atoms with E-state index in [2.05, 4.69) is 0 Å². The minimum atomic E-state index is 0.171. The number of carbonyl (C=O) groups excluding carboxylic acids is 1. The van der Waals surface area contributed by atoms with Crippen LogP contribution in [0.1, 0.15) is 29.0 Å². The molecule has 3 aromatic rings. The van der Waals surface area contributed by atoms with E-state index in [0.29, 0.717) is 6.42 Å². The first kappa shape index (κ1) is 15.6. The molecule has 0 amide bonds. The van der Waals surface area contributed by atoms with Crippen LogP contribution in [0.25, 0.3) is 22.5 Å². The highest BCUT2D eigenvalue weighted by molar-refractivity contribution is 6.04. The van der Waals surface area contributed by atoms with Gasteiger partial charge in [-0.05, 0) is 36.2 Å². The summed E-state index contributed by atoms with van der Waals surface area (Å²) in [5.41, 5.74) is 3.71. The molecule has 0 spiro atoms.